The lowest BCUT2D eigenvalue weighted by molar-refractivity contribution is -0.0288. The van der Waals surface area contributed by atoms with E-state index in [9.17, 15) is 13.2 Å². The van der Waals surface area contributed by atoms with Crippen molar-refractivity contribution >= 4 is 0 Å². The van der Waals surface area contributed by atoms with Crippen molar-refractivity contribution in [2.45, 2.75) is 19.3 Å². The van der Waals surface area contributed by atoms with Crippen molar-refractivity contribution in [1.29, 1.82) is 0 Å². The van der Waals surface area contributed by atoms with E-state index >= 15 is 0 Å². The summed E-state index contributed by atoms with van der Waals surface area (Å²) in [6, 6.07) is 6.05. The highest BCUT2D eigenvalue weighted by Gasteiger charge is 2.33. The van der Waals surface area contributed by atoms with Crippen LogP contribution in [0.25, 0.3) is 0 Å². The first-order valence-electron chi connectivity index (χ1n) is 4.14. The molecule has 0 bridgehead atoms. The van der Waals surface area contributed by atoms with Gasteiger partial charge in [-0.2, -0.15) is 8.78 Å². The average molecular weight is 188 g/mol. The van der Waals surface area contributed by atoms with Crippen molar-refractivity contribution in [2.75, 3.05) is 6.67 Å². The minimum atomic E-state index is -3.34. The van der Waals surface area contributed by atoms with E-state index in [4.69, 9.17) is 0 Å². The number of alkyl halides is 3. The third-order valence-electron chi connectivity index (χ3n) is 1.96. The Hall–Kier alpha value is -0.990. The SMILES string of the molecule is CCc1ccccc1C(F)(F)CF. The topological polar surface area (TPSA) is 0 Å². The molecule has 72 valence electrons. The Morgan fingerprint density at radius 1 is 1.23 bits per heavy atom. The van der Waals surface area contributed by atoms with Crippen LogP contribution in [-0.2, 0) is 12.3 Å². The summed E-state index contributed by atoms with van der Waals surface area (Å²) >= 11 is 0. The van der Waals surface area contributed by atoms with Crippen LogP contribution in [0.5, 0.6) is 0 Å². The first-order valence-corrected chi connectivity index (χ1v) is 4.14. The second-order valence-corrected chi connectivity index (χ2v) is 2.85. The van der Waals surface area contributed by atoms with Gasteiger partial charge in [-0.1, -0.05) is 31.2 Å². The van der Waals surface area contributed by atoms with E-state index in [2.05, 4.69) is 0 Å². The molecule has 1 rings (SSSR count). The maximum atomic E-state index is 13.0. The zero-order valence-corrected chi connectivity index (χ0v) is 7.36. The number of benzene rings is 1. The van der Waals surface area contributed by atoms with Gasteiger partial charge in [0.15, 0.2) is 6.67 Å². The van der Waals surface area contributed by atoms with Gasteiger partial charge in [0.2, 0.25) is 0 Å². The molecule has 0 N–H and O–H groups in total. The van der Waals surface area contributed by atoms with Crippen LogP contribution in [0.3, 0.4) is 0 Å². The van der Waals surface area contributed by atoms with E-state index in [0.29, 0.717) is 12.0 Å². The second-order valence-electron chi connectivity index (χ2n) is 2.85. The van der Waals surface area contributed by atoms with Gasteiger partial charge in [0.05, 0.1) is 0 Å². The molecule has 0 unspecified atom stereocenters. The fourth-order valence-electron chi connectivity index (χ4n) is 1.26. The molecular weight excluding hydrogens is 177 g/mol. The molecule has 0 heterocycles. The Kier molecular flexibility index (Phi) is 2.96. The van der Waals surface area contributed by atoms with Gasteiger partial charge in [0.25, 0.3) is 0 Å². The Bertz CT molecular complexity index is 281. The molecule has 0 saturated heterocycles. The third-order valence-corrected chi connectivity index (χ3v) is 1.96. The number of halogens is 3. The summed E-state index contributed by atoms with van der Waals surface area (Å²) in [5, 5.41) is 0. The third kappa shape index (κ3) is 2.02. The van der Waals surface area contributed by atoms with E-state index < -0.39 is 12.6 Å². The molecule has 0 nitrogen and oxygen atoms in total. The smallest absolute Gasteiger partial charge is 0.244 e. The largest absolute Gasteiger partial charge is 0.301 e. The van der Waals surface area contributed by atoms with Crippen LogP contribution >= 0.6 is 0 Å². The summed E-state index contributed by atoms with van der Waals surface area (Å²) in [4.78, 5) is 0. The Morgan fingerprint density at radius 2 is 1.85 bits per heavy atom. The fraction of sp³-hybridized carbons (Fsp3) is 0.400. The molecule has 1 aromatic rings. The van der Waals surface area contributed by atoms with E-state index in [1.807, 2.05) is 0 Å². The molecule has 1 aromatic carbocycles. The normalized spacial score (nSPS) is 11.7. The van der Waals surface area contributed by atoms with Gasteiger partial charge in [0.1, 0.15) is 0 Å². The second kappa shape index (κ2) is 3.81. The molecule has 0 atom stereocenters. The van der Waals surface area contributed by atoms with Gasteiger partial charge >= 0.3 is 5.92 Å². The van der Waals surface area contributed by atoms with Gasteiger partial charge in [-0.25, -0.2) is 4.39 Å². The molecular formula is C10H11F3. The van der Waals surface area contributed by atoms with Crippen molar-refractivity contribution in [2.24, 2.45) is 0 Å². The first kappa shape index (κ1) is 10.1. The molecule has 0 aliphatic heterocycles. The van der Waals surface area contributed by atoms with Crippen molar-refractivity contribution in [1.82, 2.24) is 0 Å². The lowest BCUT2D eigenvalue weighted by Gasteiger charge is -2.15. The highest BCUT2D eigenvalue weighted by atomic mass is 19.3. The van der Waals surface area contributed by atoms with E-state index in [-0.39, 0.29) is 5.56 Å². The molecule has 0 fully saturated rings. The van der Waals surface area contributed by atoms with E-state index in [1.165, 1.54) is 12.1 Å². The summed E-state index contributed by atoms with van der Waals surface area (Å²) in [6.07, 6.45) is 0.492. The van der Waals surface area contributed by atoms with Crippen LogP contribution in [0.2, 0.25) is 0 Å². The number of rotatable bonds is 3. The predicted molar refractivity (Wildman–Crippen MR) is 45.7 cm³/mol. The number of aryl methyl sites for hydroxylation is 1. The Labute approximate surface area is 75.4 Å². The lowest BCUT2D eigenvalue weighted by Crippen LogP contribution is -2.17. The maximum Gasteiger partial charge on any atom is 0.301 e. The van der Waals surface area contributed by atoms with Crippen LogP contribution in [0, 0.1) is 0 Å². The zero-order chi connectivity index (χ0) is 9.90. The van der Waals surface area contributed by atoms with Crippen molar-refractivity contribution in [3.63, 3.8) is 0 Å². The van der Waals surface area contributed by atoms with Crippen LogP contribution < -0.4 is 0 Å². The van der Waals surface area contributed by atoms with Crippen LogP contribution in [0.4, 0.5) is 13.2 Å². The maximum absolute atomic E-state index is 13.0. The minimum Gasteiger partial charge on any atom is -0.244 e. The van der Waals surface area contributed by atoms with Crippen LogP contribution in [-0.4, -0.2) is 6.67 Å². The Morgan fingerprint density at radius 3 is 2.38 bits per heavy atom. The van der Waals surface area contributed by atoms with E-state index in [0.717, 1.165) is 0 Å². The molecule has 0 spiro atoms. The summed E-state index contributed by atoms with van der Waals surface area (Å²) in [7, 11) is 0. The molecule has 0 aliphatic carbocycles. The summed E-state index contributed by atoms with van der Waals surface area (Å²) in [5.74, 6) is -3.34. The molecule has 0 radical (unpaired) electrons. The standard InChI is InChI=1S/C10H11F3/c1-2-8-5-3-4-6-9(8)10(12,13)7-11/h3-6H,2,7H2,1H3. The molecule has 13 heavy (non-hydrogen) atoms. The first-order chi connectivity index (χ1) is 6.11. The van der Waals surface area contributed by atoms with Crippen LogP contribution in [0.15, 0.2) is 24.3 Å². The quantitative estimate of drug-likeness (QED) is 0.682. The average Bonchev–Trinajstić information content (AvgIpc) is 2.18. The van der Waals surface area contributed by atoms with Gasteiger partial charge in [-0.15, -0.1) is 0 Å². The lowest BCUT2D eigenvalue weighted by atomic mass is 10.0. The van der Waals surface area contributed by atoms with Gasteiger partial charge in [0, 0.05) is 5.56 Å². The molecule has 0 aromatic heterocycles. The minimum absolute atomic E-state index is 0.194. The van der Waals surface area contributed by atoms with Gasteiger partial charge < -0.3 is 0 Å². The number of hydrogen-bond donors (Lipinski definition) is 0. The fourth-order valence-corrected chi connectivity index (χ4v) is 1.26. The highest BCUT2D eigenvalue weighted by molar-refractivity contribution is 5.30. The molecule has 0 aliphatic rings. The Balaban J connectivity index is 3.12. The van der Waals surface area contributed by atoms with E-state index in [1.54, 1.807) is 19.1 Å². The monoisotopic (exact) mass is 188 g/mol. The van der Waals surface area contributed by atoms with Crippen molar-refractivity contribution in [3.05, 3.63) is 35.4 Å². The molecule has 3 heteroatoms. The highest BCUT2D eigenvalue weighted by Crippen LogP contribution is 2.31. The zero-order valence-electron chi connectivity index (χ0n) is 7.36. The van der Waals surface area contributed by atoms with Crippen molar-refractivity contribution in [3.8, 4) is 0 Å². The van der Waals surface area contributed by atoms with Crippen molar-refractivity contribution < 1.29 is 13.2 Å². The van der Waals surface area contributed by atoms with Gasteiger partial charge in [-0.05, 0) is 12.0 Å². The van der Waals surface area contributed by atoms with Gasteiger partial charge in [-0.3, -0.25) is 0 Å². The number of hydrogen-bond acceptors (Lipinski definition) is 0. The predicted octanol–water partition coefficient (Wildman–Crippen LogP) is 3.31. The van der Waals surface area contributed by atoms with Crippen LogP contribution in [0.1, 0.15) is 18.1 Å². The summed E-state index contributed by atoms with van der Waals surface area (Å²) in [6.45, 7) is 0.136. The summed E-state index contributed by atoms with van der Waals surface area (Å²) in [5.41, 5.74) is 0.310. The summed E-state index contributed by atoms with van der Waals surface area (Å²) < 4.78 is 37.9. The molecule has 0 amide bonds. The molecule has 0 saturated carbocycles.